The van der Waals surface area contributed by atoms with Crippen molar-refractivity contribution in [1.29, 1.82) is 0 Å². The molecule has 0 fully saturated rings. The molecule has 3 heteroatoms. The second-order valence-electron chi connectivity index (χ2n) is 6.36. The summed E-state index contributed by atoms with van der Waals surface area (Å²) in [5, 5.41) is 0. The Kier molecular flexibility index (Phi) is 4.29. The predicted octanol–water partition coefficient (Wildman–Crippen LogP) is 3.73. The number of rotatable bonds is 4. The van der Waals surface area contributed by atoms with E-state index in [9.17, 15) is 4.39 Å². The summed E-state index contributed by atoms with van der Waals surface area (Å²) in [5.41, 5.74) is 3.30. The van der Waals surface area contributed by atoms with Gasteiger partial charge in [-0.2, -0.15) is 0 Å². The minimum atomic E-state index is -0.0716. The third-order valence-corrected chi connectivity index (χ3v) is 4.58. The van der Waals surface area contributed by atoms with Gasteiger partial charge in [-0.1, -0.05) is 6.08 Å². The monoisotopic (exact) mass is 289 g/mol. The maximum absolute atomic E-state index is 13.7. The first-order valence-corrected chi connectivity index (χ1v) is 8.00. The van der Waals surface area contributed by atoms with Gasteiger partial charge in [-0.05, 0) is 62.8 Å². The standard InChI is InChI=1S/C18H24FNO/c1-13(2)20-10-4-5-14(11-20)12-21-18-9-8-17(19)15-6-3-7-16(15)18/h5,8-9,13H,3-4,6-7,10-12H2,1-2H3. The first-order valence-electron chi connectivity index (χ1n) is 8.00. The molecular formula is C18H24FNO. The first kappa shape index (κ1) is 14.6. The molecule has 3 rings (SSSR count). The van der Waals surface area contributed by atoms with Crippen LogP contribution in [0, 0.1) is 5.82 Å². The van der Waals surface area contributed by atoms with Crippen LogP contribution in [0.2, 0.25) is 0 Å². The third kappa shape index (κ3) is 3.13. The zero-order chi connectivity index (χ0) is 14.8. The molecule has 0 radical (unpaired) electrons. The zero-order valence-corrected chi connectivity index (χ0v) is 13.0. The minimum Gasteiger partial charge on any atom is -0.489 e. The third-order valence-electron chi connectivity index (χ3n) is 4.58. The Bertz CT molecular complexity index is 550. The van der Waals surface area contributed by atoms with Crippen LogP contribution in [0.3, 0.4) is 0 Å². The Morgan fingerprint density at radius 1 is 1.24 bits per heavy atom. The van der Waals surface area contributed by atoms with Crippen molar-refractivity contribution in [3.63, 3.8) is 0 Å². The second kappa shape index (κ2) is 6.18. The van der Waals surface area contributed by atoms with Gasteiger partial charge in [-0.15, -0.1) is 0 Å². The number of ether oxygens (including phenoxy) is 1. The largest absolute Gasteiger partial charge is 0.489 e. The zero-order valence-electron chi connectivity index (χ0n) is 13.0. The predicted molar refractivity (Wildman–Crippen MR) is 83.3 cm³/mol. The van der Waals surface area contributed by atoms with E-state index >= 15 is 0 Å². The van der Waals surface area contributed by atoms with Gasteiger partial charge >= 0.3 is 0 Å². The lowest BCUT2D eigenvalue weighted by Gasteiger charge is -2.30. The Labute approximate surface area is 126 Å². The molecule has 1 heterocycles. The van der Waals surface area contributed by atoms with Crippen LogP contribution in [0.1, 0.15) is 37.8 Å². The maximum Gasteiger partial charge on any atom is 0.126 e. The van der Waals surface area contributed by atoms with Gasteiger partial charge < -0.3 is 4.74 Å². The smallest absolute Gasteiger partial charge is 0.126 e. The Morgan fingerprint density at radius 3 is 2.86 bits per heavy atom. The van der Waals surface area contributed by atoms with E-state index in [4.69, 9.17) is 4.74 Å². The number of fused-ring (bicyclic) bond motifs is 1. The van der Waals surface area contributed by atoms with Crippen LogP contribution in [0.15, 0.2) is 23.8 Å². The number of nitrogens with zero attached hydrogens (tertiary/aromatic N) is 1. The molecule has 114 valence electrons. The van der Waals surface area contributed by atoms with Gasteiger partial charge in [0.25, 0.3) is 0 Å². The van der Waals surface area contributed by atoms with Crippen molar-refractivity contribution in [1.82, 2.24) is 4.90 Å². The van der Waals surface area contributed by atoms with Gasteiger partial charge in [0.2, 0.25) is 0 Å². The van der Waals surface area contributed by atoms with E-state index in [0.29, 0.717) is 12.6 Å². The first-order chi connectivity index (χ1) is 10.1. The van der Waals surface area contributed by atoms with Crippen LogP contribution >= 0.6 is 0 Å². The summed E-state index contributed by atoms with van der Waals surface area (Å²) in [4.78, 5) is 2.47. The molecule has 0 N–H and O–H groups in total. The summed E-state index contributed by atoms with van der Waals surface area (Å²) >= 11 is 0. The summed E-state index contributed by atoms with van der Waals surface area (Å²) < 4.78 is 19.7. The molecular weight excluding hydrogens is 265 g/mol. The van der Waals surface area contributed by atoms with E-state index in [1.807, 2.05) is 0 Å². The average molecular weight is 289 g/mol. The molecule has 1 aromatic carbocycles. The quantitative estimate of drug-likeness (QED) is 0.783. The van der Waals surface area contributed by atoms with Crippen molar-refractivity contribution in [3.05, 3.63) is 40.7 Å². The summed E-state index contributed by atoms with van der Waals surface area (Å²) in [5.74, 6) is 0.809. The number of halogens is 1. The van der Waals surface area contributed by atoms with Crippen molar-refractivity contribution >= 4 is 0 Å². The lowest BCUT2D eigenvalue weighted by atomic mass is 10.1. The lowest BCUT2D eigenvalue weighted by molar-refractivity contribution is 0.221. The molecule has 1 aliphatic carbocycles. The molecule has 2 aliphatic rings. The van der Waals surface area contributed by atoms with Crippen molar-refractivity contribution in [2.45, 2.75) is 45.6 Å². The SMILES string of the molecule is CC(C)N1CCC=C(COc2ccc(F)c3c2CCC3)C1. The fourth-order valence-corrected chi connectivity index (χ4v) is 3.32. The van der Waals surface area contributed by atoms with Crippen molar-refractivity contribution in [2.75, 3.05) is 19.7 Å². The molecule has 0 spiro atoms. The van der Waals surface area contributed by atoms with E-state index in [2.05, 4.69) is 24.8 Å². The molecule has 1 aliphatic heterocycles. The molecule has 0 bridgehead atoms. The topological polar surface area (TPSA) is 12.5 Å². The average Bonchev–Trinajstić information content (AvgIpc) is 2.97. The Morgan fingerprint density at radius 2 is 2.05 bits per heavy atom. The van der Waals surface area contributed by atoms with Crippen molar-refractivity contribution in [2.24, 2.45) is 0 Å². The molecule has 0 amide bonds. The summed E-state index contributed by atoms with van der Waals surface area (Å²) in [7, 11) is 0. The van der Waals surface area contributed by atoms with Crippen molar-refractivity contribution < 1.29 is 9.13 Å². The second-order valence-corrected chi connectivity index (χ2v) is 6.36. The molecule has 21 heavy (non-hydrogen) atoms. The highest BCUT2D eigenvalue weighted by Gasteiger charge is 2.20. The van der Waals surface area contributed by atoms with Gasteiger partial charge in [0.1, 0.15) is 18.2 Å². The van der Waals surface area contributed by atoms with Crippen LogP contribution in [0.5, 0.6) is 5.75 Å². The molecule has 1 aromatic rings. The minimum absolute atomic E-state index is 0.0716. The van der Waals surface area contributed by atoms with Crippen molar-refractivity contribution in [3.8, 4) is 5.75 Å². The van der Waals surface area contributed by atoms with Crippen LogP contribution in [-0.4, -0.2) is 30.6 Å². The summed E-state index contributed by atoms with van der Waals surface area (Å²) in [6, 6.07) is 3.92. The molecule has 0 saturated carbocycles. The maximum atomic E-state index is 13.7. The summed E-state index contributed by atoms with van der Waals surface area (Å²) in [6.45, 7) is 7.21. The molecule has 2 nitrogen and oxygen atoms in total. The highest BCUT2D eigenvalue weighted by atomic mass is 19.1. The Balaban J connectivity index is 1.66. The van der Waals surface area contributed by atoms with E-state index < -0.39 is 0 Å². The van der Waals surface area contributed by atoms with E-state index in [-0.39, 0.29) is 5.82 Å². The van der Waals surface area contributed by atoms with E-state index in [0.717, 1.165) is 55.6 Å². The highest BCUT2D eigenvalue weighted by molar-refractivity contribution is 5.44. The normalized spacial score (nSPS) is 18.8. The molecule has 0 atom stereocenters. The van der Waals surface area contributed by atoms with Gasteiger partial charge in [-0.3, -0.25) is 4.90 Å². The van der Waals surface area contributed by atoms with Crippen LogP contribution in [0.25, 0.3) is 0 Å². The van der Waals surface area contributed by atoms with Gasteiger partial charge in [0.05, 0.1) is 0 Å². The van der Waals surface area contributed by atoms with E-state index in [1.54, 1.807) is 12.1 Å². The van der Waals surface area contributed by atoms with Crippen LogP contribution < -0.4 is 4.74 Å². The fraction of sp³-hybridized carbons (Fsp3) is 0.556. The number of hydrogen-bond acceptors (Lipinski definition) is 2. The van der Waals surface area contributed by atoms with Crippen LogP contribution in [0.4, 0.5) is 4.39 Å². The lowest BCUT2D eigenvalue weighted by Crippen LogP contribution is -2.36. The molecule has 0 aromatic heterocycles. The fourth-order valence-electron chi connectivity index (χ4n) is 3.32. The van der Waals surface area contributed by atoms with E-state index in [1.165, 1.54) is 5.57 Å². The summed E-state index contributed by atoms with van der Waals surface area (Å²) in [6.07, 6.45) is 6.22. The number of hydrogen-bond donors (Lipinski definition) is 0. The van der Waals surface area contributed by atoms with Gasteiger partial charge in [0, 0.05) is 24.7 Å². The molecule has 0 saturated heterocycles. The number of benzene rings is 1. The Hall–Kier alpha value is -1.35. The van der Waals surface area contributed by atoms with Gasteiger partial charge in [0.15, 0.2) is 0 Å². The van der Waals surface area contributed by atoms with Gasteiger partial charge in [-0.25, -0.2) is 4.39 Å². The molecule has 0 unspecified atom stereocenters. The highest BCUT2D eigenvalue weighted by Crippen LogP contribution is 2.32. The van der Waals surface area contributed by atoms with Crippen LogP contribution in [-0.2, 0) is 12.8 Å².